The lowest BCUT2D eigenvalue weighted by molar-refractivity contribution is -0.126. The minimum Gasteiger partial charge on any atom is -0.353 e. The number of nitrogens with zero attached hydrogens (tertiary/aromatic N) is 2. The van der Waals surface area contributed by atoms with Gasteiger partial charge >= 0.3 is 0 Å². The van der Waals surface area contributed by atoms with E-state index in [4.69, 9.17) is 0 Å². The maximum atomic E-state index is 13.4. The number of hydrogen-bond donors (Lipinski definition) is 1. The maximum Gasteiger partial charge on any atom is 0.225 e. The summed E-state index contributed by atoms with van der Waals surface area (Å²) < 4.78 is 14.3. The molecule has 25 heavy (non-hydrogen) atoms. The van der Waals surface area contributed by atoms with Crippen molar-refractivity contribution < 1.29 is 9.18 Å². The van der Waals surface area contributed by atoms with Gasteiger partial charge in [-0.15, -0.1) is 0 Å². The number of nitrogens with one attached hydrogen (secondary N) is 1. The van der Waals surface area contributed by atoms with Crippen LogP contribution in [-0.2, 0) is 4.79 Å². The summed E-state index contributed by atoms with van der Waals surface area (Å²) in [6.07, 6.45) is 7.91. The quantitative estimate of drug-likeness (QED) is 0.895. The van der Waals surface area contributed by atoms with E-state index in [1.807, 2.05) is 0 Å². The summed E-state index contributed by atoms with van der Waals surface area (Å²) in [5, 5.41) is 4.16. The largest absolute Gasteiger partial charge is 0.353 e. The van der Waals surface area contributed by atoms with E-state index in [1.54, 1.807) is 6.07 Å². The number of thiazole rings is 1. The molecule has 1 aliphatic carbocycles. The molecule has 0 bridgehead atoms. The van der Waals surface area contributed by atoms with Gasteiger partial charge in [-0.3, -0.25) is 4.79 Å². The zero-order valence-corrected chi connectivity index (χ0v) is 15.2. The Kier molecular flexibility index (Phi) is 4.88. The third-order valence-corrected chi connectivity index (χ3v) is 6.43. The average Bonchev–Trinajstić information content (AvgIpc) is 3.06. The molecule has 0 spiro atoms. The summed E-state index contributed by atoms with van der Waals surface area (Å²) in [7, 11) is 0. The van der Waals surface area contributed by atoms with Gasteiger partial charge in [0.2, 0.25) is 5.91 Å². The average molecular weight is 361 g/mol. The predicted octanol–water partition coefficient (Wildman–Crippen LogP) is 4.10. The summed E-state index contributed by atoms with van der Waals surface area (Å²) in [5.41, 5.74) is 0.829. The molecule has 2 fully saturated rings. The second-order valence-electron chi connectivity index (χ2n) is 7.24. The van der Waals surface area contributed by atoms with Crippen LogP contribution in [0, 0.1) is 11.7 Å². The van der Waals surface area contributed by atoms with Crippen molar-refractivity contribution in [1.29, 1.82) is 0 Å². The Morgan fingerprint density at radius 1 is 1.20 bits per heavy atom. The number of benzene rings is 1. The molecule has 2 aliphatic rings. The number of carbonyl (C=O) groups is 1. The number of carbonyl (C=O) groups excluding carboxylic acids is 1. The second-order valence-corrected chi connectivity index (χ2v) is 8.25. The van der Waals surface area contributed by atoms with Crippen molar-refractivity contribution in [3.8, 4) is 0 Å². The molecule has 1 aromatic carbocycles. The molecule has 1 aliphatic heterocycles. The highest BCUT2D eigenvalue weighted by Crippen LogP contribution is 2.32. The van der Waals surface area contributed by atoms with Crippen molar-refractivity contribution in [2.75, 3.05) is 18.0 Å². The fraction of sp³-hybridized carbons (Fsp3) is 0.579. The molecular weight excluding hydrogens is 337 g/mol. The molecule has 134 valence electrons. The van der Waals surface area contributed by atoms with Gasteiger partial charge in [-0.05, 0) is 43.9 Å². The molecule has 4 rings (SSSR count). The van der Waals surface area contributed by atoms with E-state index >= 15 is 0 Å². The molecule has 2 aromatic rings. The normalized spacial score (nSPS) is 22.3. The van der Waals surface area contributed by atoms with Crippen molar-refractivity contribution in [3.05, 3.63) is 24.0 Å². The molecule has 1 aromatic heterocycles. The highest BCUT2D eigenvalue weighted by Gasteiger charge is 2.29. The third kappa shape index (κ3) is 3.78. The summed E-state index contributed by atoms with van der Waals surface area (Å²) in [6.45, 7) is 1.62. The Morgan fingerprint density at radius 3 is 2.88 bits per heavy atom. The fourth-order valence-electron chi connectivity index (χ4n) is 3.95. The number of aromatic nitrogens is 1. The minimum absolute atomic E-state index is 0.0272. The number of amides is 1. The van der Waals surface area contributed by atoms with Crippen molar-refractivity contribution >= 4 is 32.6 Å². The molecule has 2 heterocycles. The third-order valence-electron chi connectivity index (χ3n) is 5.35. The lowest BCUT2D eigenvalue weighted by atomic mass is 9.93. The highest BCUT2D eigenvalue weighted by atomic mass is 32.1. The van der Waals surface area contributed by atoms with Crippen molar-refractivity contribution in [2.24, 2.45) is 5.92 Å². The summed E-state index contributed by atoms with van der Waals surface area (Å²) >= 11 is 1.51. The fourth-order valence-corrected chi connectivity index (χ4v) is 4.98. The molecule has 4 nitrogen and oxygen atoms in total. The van der Waals surface area contributed by atoms with Gasteiger partial charge in [0.25, 0.3) is 0 Å². The van der Waals surface area contributed by atoms with E-state index in [0.29, 0.717) is 12.6 Å². The topological polar surface area (TPSA) is 45.2 Å². The van der Waals surface area contributed by atoms with Crippen LogP contribution < -0.4 is 10.2 Å². The second kappa shape index (κ2) is 7.28. The van der Waals surface area contributed by atoms with Crippen LogP contribution in [0.2, 0.25) is 0 Å². The smallest absolute Gasteiger partial charge is 0.225 e. The zero-order valence-electron chi connectivity index (χ0n) is 14.3. The summed E-state index contributed by atoms with van der Waals surface area (Å²) in [5.74, 6) is -0.00531. The van der Waals surface area contributed by atoms with Crippen LogP contribution in [0.3, 0.4) is 0 Å². The van der Waals surface area contributed by atoms with E-state index in [-0.39, 0.29) is 17.6 Å². The lowest BCUT2D eigenvalue weighted by Gasteiger charge is -2.33. The van der Waals surface area contributed by atoms with Crippen molar-refractivity contribution in [1.82, 2.24) is 10.3 Å². The zero-order chi connectivity index (χ0) is 17.2. The lowest BCUT2D eigenvalue weighted by Crippen LogP contribution is -2.46. The van der Waals surface area contributed by atoms with E-state index in [0.717, 1.165) is 47.6 Å². The van der Waals surface area contributed by atoms with Gasteiger partial charge in [-0.2, -0.15) is 0 Å². The van der Waals surface area contributed by atoms with Crippen LogP contribution in [0.4, 0.5) is 9.52 Å². The molecule has 1 unspecified atom stereocenters. The van der Waals surface area contributed by atoms with Gasteiger partial charge in [0.15, 0.2) is 5.13 Å². The monoisotopic (exact) mass is 361 g/mol. The van der Waals surface area contributed by atoms with E-state index in [9.17, 15) is 9.18 Å². The number of hydrogen-bond acceptors (Lipinski definition) is 4. The van der Waals surface area contributed by atoms with Crippen molar-refractivity contribution in [2.45, 2.75) is 51.0 Å². The number of piperidine rings is 1. The van der Waals surface area contributed by atoms with Gasteiger partial charge in [0.05, 0.1) is 16.1 Å². The number of fused-ring (bicyclic) bond motifs is 1. The Morgan fingerprint density at radius 2 is 2.04 bits per heavy atom. The minimum atomic E-state index is -0.230. The SMILES string of the molecule is O=C(NC1CCCCC1)C1CCCN(c2nc3ccc(F)cc3s2)C1. The molecule has 1 saturated carbocycles. The van der Waals surface area contributed by atoms with Crippen LogP contribution in [0.1, 0.15) is 44.9 Å². The van der Waals surface area contributed by atoms with Gasteiger partial charge < -0.3 is 10.2 Å². The van der Waals surface area contributed by atoms with Gasteiger partial charge in [-0.25, -0.2) is 9.37 Å². The molecule has 1 amide bonds. The van der Waals surface area contributed by atoms with Gasteiger partial charge in [0.1, 0.15) is 5.82 Å². The van der Waals surface area contributed by atoms with Crippen LogP contribution in [-0.4, -0.2) is 30.0 Å². The standard InChI is InChI=1S/C19H24FN3OS/c20-14-8-9-16-17(11-14)25-19(22-16)23-10-4-5-13(12-23)18(24)21-15-6-2-1-3-7-15/h8-9,11,13,15H,1-7,10,12H2,(H,21,24). The summed E-state index contributed by atoms with van der Waals surface area (Å²) in [4.78, 5) is 19.5. The Balaban J connectivity index is 1.43. The Bertz CT molecular complexity index is 756. The first-order chi connectivity index (χ1) is 12.2. The van der Waals surface area contributed by atoms with Gasteiger partial charge in [0, 0.05) is 19.1 Å². The van der Waals surface area contributed by atoms with E-state index in [2.05, 4.69) is 15.2 Å². The Hall–Kier alpha value is -1.69. The van der Waals surface area contributed by atoms with Crippen molar-refractivity contribution in [3.63, 3.8) is 0 Å². The summed E-state index contributed by atoms with van der Waals surface area (Å²) in [6, 6.07) is 5.07. The van der Waals surface area contributed by atoms with Crippen LogP contribution in [0.25, 0.3) is 10.2 Å². The molecule has 6 heteroatoms. The molecule has 1 atom stereocenters. The van der Waals surface area contributed by atoms with Crippen LogP contribution in [0.15, 0.2) is 18.2 Å². The molecule has 1 N–H and O–H groups in total. The molecular formula is C19H24FN3OS. The van der Waals surface area contributed by atoms with E-state index < -0.39 is 0 Å². The van der Waals surface area contributed by atoms with Crippen LogP contribution in [0.5, 0.6) is 0 Å². The Labute approximate surface area is 151 Å². The number of anilines is 1. The first-order valence-electron chi connectivity index (χ1n) is 9.30. The highest BCUT2D eigenvalue weighted by molar-refractivity contribution is 7.22. The predicted molar refractivity (Wildman–Crippen MR) is 99.5 cm³/mol. The number of rotatable bonds is 3. The van der Waals surface area contributed by atoms with Crippen LogP contribution >= 0.6 is 11.3 Å². The maximum absolute atomic E-state index is 13.4. The first-order valence-corrected chi connectivity index (χ1v) is 10.1. The van der Waals surface area contributed by atoms with Gasteiger partial charge in [-0.1, -0.05) is 30.6 Å². The first kappa shape index (κ1) is 16.8. The molecule has 1 saturated heterocycles. The van der Waals surface area contributed by atoms with E-state index in [1.165, 1.54) is 42.7 Å². The molecule has 0 radical (unpaired) electrons. The number of halogens is 1.